The second-order valence-electron chi connectivity index (χ2n) is 5.17. The van der Waals surface area contributed by atoms with E-state index in [-0.39, 0.29) is 36.8 Å². The number of nitro groups is 1. The smallest absolute Gasteiger partial charge is 0.325 e. The highest BCUT2D eigenvalue weighted by Gasteiger charge is 2.14. The van der Waals surface area contributed by atoms with Gasteiger partial charge >= 0.3 is 5.97 Å². The molecule has 1 aromatic carbocycles. The lowest BCUT2D eigenvalue weighted by Gasteiger charge is -2.11. The topological polar surface area (TPSA) is 123 Å². The number of amides is 1. The van der Waals surface area contributed by atoms with Crippen LogP contribution in [0.4, 0.5) is 11.5 Å². The zero-order valence-electron chi connectivity index (χ0n) is 14.1. The summed E-state index contributed by atoms with van der Waals surface area (Å²) in [7, 11) is 0. The molecule has 0 saturated heterocycles. The number of benzene rings is 1. The van der Waals surface area contributed by atoms with Crippen LogP contribution < -0.4 is 10.6 Å². The molecule has 2 aromatic rings. The van der Waals surface area contributed by atoms with Crippen molar-refractivity contribution >= 4 is 23.4 Å². The minimum absolute atomic E-state index is 0.0464. The van der Waals surface area contributed by atoms with Crippen LogP contribution in [0.5, 0.6) is 0 Å². The van der Waals surface area contributed by atoms with Crippen LogP contribution in [0.3, 0.4) is 0 Å². The number of non-ortho nitro benzene ring substituents is 1. The first-order valence-corrected chi connectivity index (χ1v) is 7.87. The van der Waals surface area contributed by atoms with Crippen LogP contribution in [0.15, 0.2) is 42.6 Å². The molecule has 1 heterocycles. The number of nitrogens with one attached hydrogen (secondary N) is 2. The number of rotatable bonds is 8. The van der Waals surface area contributed by atoms with Gasteiger partial charge in [-0.3, -0.25) is 19.7 Å². The fourth-order valence-electron chi connectivity index (χ4n) is 2.15. The van der Waals surface area contributed by atoms with Crippen LogP contribution in [0.2, 0.25) is 0 Å². The Morgan fingerprint density at radius 3 is 2.81 bits per heavy atom. The summed E-state index contributed by atoms with van der Waals surface area (Å²) < 4.78 is 4.81. The minimum Gasteiger partial charge on any atom is -0.465 e. The molecule has 0 radical (unpaired) electrons. The largest absolute Gasteiger partial charge is 0.465 e. The average Bonchev–Trinajstić information content (AvgIpc) is 2.65. The summed E-state index contributed by atoms with van der Waals surface area (Å²) in [6, 6.07) is 9.15. The van der Waals surface area contributed by atoms with E-state index in [9.17, 15) is 19.7 Å². The number of hydrogen-bond donors (Lipinski definition) is 2. The number of nitro benzene ring substituents is 1. The molecule has 0 bridgehead atoms. The Kier molecular flexibility index (Phi) is 6.60. The number of aromatic nitrogens is 1. The number of ether oxygens (including phenoxy) is 1. The fourth-order valence-corrected chi connectivity index (χ4v) is 2.15. The number of pyridine rings is 1. The highest BCUT2D eigenvalue weighted by molar-refractivity contribution is 5.99. The number of carbonyl (C=O) groups excluding carboxylic acids is 2. The molecular weight excluding hydrogens is 340 g/mol. The second kappa shape index (κ2) is 9.11. The van der Waals surface area contributed by atoms with Gasteiger partial charge < -0.3 is 15.4 Å². The first-order valence-electron chi connectivity index (χ1n) is 7.87. The van der Waals surface area contributed by atoms with Gasteiger partial charge in [-0.1, -0.05) is 12.1 Å². The van der Waals surface area contributed by atoms with E-state index in [1.54, 1.807) is 31.2 Å². The predicted molar refractivity (Wildman–Crippen MR) is 93.6 cm³/mol. The van der Waals surface area contributed by atoms with Crippen LogP contribution in [0.25, 0.3) is 0 Å². The lowest BCUT2D eigenvalue weighted by Crippen LogP contribution is -2.25. The van der Waals surface area contributed by atoms with E-state index in [1.165, 1.54) is 18.3 Å². The average molecular weight is 358 g/mol. The summed E-state index contributed by atoms with van der Waals surface area (Å²) in [5.74, 6) is -0.630. The maximum Gasteiger partial charge on any atom is 0.325 e. The molecule has 0 saturated carbocycles. The van der Waals surface area contributed by atoms with Crippen molar-refractivity contribution < 1.29 is 19.2 Å². The molecule has 0 aliphatic rings. The molecule has 0 unspecified atom stereocenters. The van der Waals surface area contributed by atoms with Crippen molar-refractivity contribution in [1.29, 1.82) is 0 Å². The fraction of sp³-hybridized carbons (Fsp3) is 0.235. The Labute approximate surface area is 149 Å². The first-order chi connectivity index (χ1) is 12.5. The molecule has 1 amide bonds. The van der Waals surface area contributed by atoms with Crippen molar-refractivity contribution in [1.82, 2.24) is 10.3 Å². The van der Waals surface area contributed by atoms with Crippen LogP contribution in [0, 0.1) is 10.1 Å². The third-order valence-electron chi connectivity index (χ3n) is 3.33. The number of hydrogen-bond acceptors (Lipinski definition) is 7. The minimum atomic E-state index is -0.496. The lowest BCUT2D eigenvalue weighted by atomic mass is 10.2. The molecule has 0 spiro atoms. The Hall–Kier alpha value is -3.49. The highest BCUT2D eigenvalue weighted by atomic mass is 16.6. The molecular formula is C17H18N4O5. The summed E-state index contributed by atoms with van der Waals surface area (Å²) in [6.45, 7) is 1.97. The molecule has 1 aromatic heterocycles. The Balaban J connectivity index is 2.02. The molecule has 0 fully saturated rings. The summed E-state index contributed by atoms with van der Waals surface area (Å²) in [4.78, 5) is 38.2. The van der Waals surface area contributed by atoms with E-state index >= 15 is 0 Å². The Morgan fingerprint density at radius 1 is 1.27 bits per heavy atom. The molecule has 0 atom stereocenters. The van der Waals surface area contributed by atoms with Gasteiger partial charge in [0.1, 0.15) is 12.4 Å². The zero-order valence-corrected chi connectivity index (χ0v) is 14.1. The summed E-state index contributed by atoms with van der Waals surface area (Å²) in [5.41, 5.74) is 0.801. The molecule has 0 aliphatic heterocycles. The third-order valence-corrected chi connectivity index (χ3v) is 3.33. The SMILES string of the molecule is CCOC(=O)CNc1ncccc1C(=O)NCc1cccc([N+](=O)[O-])c1. The van der Waals surface area contributed by atoms with Gasteiger partial charge in [-0.05, 0) is 24.6 Å². The Bertz CT molecular complexity index is 809. The molecule has 2 rings (SSSR count). The third kappa shape index (κ3) is 5.26. The van der Waals surface area contributed by atoms with Crippen molar-refractivity contribution in [3.8, 4) is 0 Å². The van der Waals surface area contributed by atoms with Crippen LogP contribution in [-0.2, 0) is 16.1 Å². The van der Waals surface area contributed by atoms with Gasteiger partial charge in [-0.25, -0.2) is 4.98 Å². The molecule has 9 nitrogen and oxygen atoms in total. The molecule has 0 aliphatic carbocycles. The summed E-state index contributed by atoms with van der Waals surface area (Å²) in [6.07, 6.45) is 1.49. The van der Waals surface area contributed by atoms with Gasteiger partial charge in [0.05, 0.1) is 17.1 Å². The number of anilines is 1. The monoisotopic (exact) mass is 358 g/mol. The highest BCUT2D eigenvalue weighted by Crippen LogP contribution is 2.14. The maximum atomic E-state index is 12.4. The van der Waals surface area contributed by atoms with Crippen LogP contribution >= 0.6 is 0 Å². The molecule has 9 heteroatoms. The van der Waals surface area contributed by atoms with Gasteiger partial charge in [0.2, 0.25) is 0 Å². The van der Waals surface area contributed by atoms with E-state index in [2.05, 4.69) is 15.6 Å². The molecule has 26 heavy (non-hydrogen) atoms. The van der Waals surface area contributed by atoms with E-state index in [0.29, 0.717) is 5.56 Å². The van der Waals surface area contributed by atoms with Crippen molar-refractivity contribution in [2.75, 3.05) is 18.5 Å². The normalized spacial score (nSPS) is 10.0. The first kappa shape index (κ1) is 18.8. The number of nitrogens with zero attached hydrogens (tertiary/aromatic N) is 2. The number of carbonyl (C=O) groups is 2. The summed E-state index contributed by atoms with van der Waals surface area (Å²) >= 11 is 0. The van der Waals surface area contributed by atoms with Crippen molar-refractivity contribution in [2.45, 2.75) is 13.5 Å². The van der Waals surface area contributed by atoms with E-state index < -0.39 is 16.8 Å². The van der Waals surface area contributed by atoms with Gasteiger partial charge in [0, 0.05) is 24.9 Å². The molecule has 136 valence electrons. The Morgan fingerprint density at radius 2 is 2.08 bits per heavy atom. The van der Waals surface area contributed by atoms with E-state index in [4.69, 9.17) is 4.74 Å². The van der Waals surface area contributed by atoms with Gasteiger partial charge in [0.15, 0.2) is 0 Å². The second-order valence-corrected chi connectivity index (χ2v) is 5.17. The van der Waals surface area contributed by atoms with Crippen LogP contribution in [0.1, 0.15) is 22.8 Å². The van der Waals surface area contributed by atoms with Gasteiger partial charge in [-0.2, -0.15) is 0 Å². The maximum absolute atomic E-state index is 12.4. The van der Waals surface area contributed by atoms with Crippen molar-refractivity contribution in [3.05, 3.63) is 63.8 Å². The zero-order chi connectivity index (χ0) is 18.9. The lowest BCUT2D eigenvalue weighted by molar-refractivity contribution is -0.384. The van der Waals surface area contributed by atoms with E-state index in [1.807, 2.05) is 0 Å². The van der Waals surface area contributed by atoms with Crippen molar-refractivity contribution in [3.63, 3.8) is 0 Å². The van der Waals surface area contributed by atoms with Crippen molar-refractivity contribution in [2.24, 2.45) is 0 Å². The number of esters is 1. The molecule has 2 N–H and O–H groups in total. The van der Waals surface area contributed by atoms with Gasteiger partial charge in [0.25, 0.3) is 11.6 Å². The quantitative estimate of drug-likeness (QED) is 0.419. The van der Waals surface area contributed by atoms with Crippen LogP contribution in [-0.4, -0.2) is 34.9 Å². The van der Waals surface area contributed by atoms with E-state index in [0.717, 1.165) is 0 Å². The summed E-state index contributed by atoms with van der Waals surface area (Å²) in [5, 5.41) is 16.2. The standard InChI is InChI=1S/C17H18N4O5/c1-2-26-15(22)11-19-16-14(7-4-8-18-16)17(23)20-10-12-5-3-6-13(9-12)21(24)25/h3-9H,2,10-11H2,1H3,(H,18,19)(H,20,23). The van der Waals surface area contributed by atoms with Gasteiger partial charge in [-0.15, -0.1) is 0 Å². The predicted octanol–water partition coefficient (Wildman–Crippen LogP) is 1.89.